The van der Waals surface area contributed by atoms with Crippen molar-refractivity contribution in [2.24, 2.45) is 11.8 Å². The Bertz CT molecular complexity index is 144. The highest BCUT2D eigenvalue weighted by Crippen LogP contribution is 2.17. The van der Waals surface area contributed by atoms with E-state index in [1.807, 2.05) is 0 Å². The number of rotatable bonds is 5. The van der Waals surface area contributed by atoms with Gasteiger partial charge in [-0.05, 0) is 24.7 Å². The Morgan fingerprint density at radius 3 is 2.50 bits per heavy atom. The molecule has 1 atom stereocenters. The Kier molecular flexibility index (Phi) is 6.06. The van der Waals surface area contributed by atoms with Crippen molar-refractivity contribution >= 4 is 15.9 Å². The topological polar surface area (TPSA) is 18.5 Å². The van der Waals surface area contributed by atoms with Crippen LogP contribution in [-0.4, -0.2) is 31.3 Å². The second-order valence-corrected chi connectivity index (χ2v) is 4.95. The summed E-state index contributed by atoms with van der Waals surface area (Å²) in [6.45, 7) is 7.11. The number of halogens is 1. The molecule has 14 heavy (non-hydrogen) atoms. The number of alkyl halides is 1. The maximum atomic E-state index is 5.89. The van der Waals surface area contributed by atoms with Gasteiger partial charge < -0.3 is 9.47 Å². The van der Waals surface area contributed by atoms with Crippen LogP contribution in [0.3, 0.4) is 0 Å². The van der Waals surface area contributed by atoms with Gasteiger partial charge >= 0.3 is 0 Å². The van der Waals surface area contributed by atoms with E-state index in [-0.39, 0.29) is 0 Å². The van der Waals surface area contributed by atoms with Gasteiger partial charge in [0, 0.05) is 18.5 Å². The summed E-state index contributed by atoms with van der Waals surface area (Å²) in [5, 5.41) is 1.04. The smallest absolute Gasteiger partial charge is 0.0619 e. The molecule has 1 fully saturated rings. The molecule has 0 spiro atoms. The molecule has 1 aliphatic heterocycles. The van der Waals surface area contributed by atoms with Crippen LogP contribution in [0.2, 0.25) is 0 Å². The maximum Gasteiger partial charge on any atom is 0.0619 e. The summed E-state index contributed by atoms with van der Waals surface area (Å²) < 4.78 is 11.2. The van der Waals surface area contributed by atoms with Crippen molar-refractivity contribution in [3.63, 3.8) is 0 Å². The highest BCUT2D eigenvalue weighted by Gasteiger charge is 2.18. The SMILES string of the molecule is CC(C)C(CBr)COC1CCOCC1. The summed E-state index contributed by atoms with van der Waals surface area (Å²) in [4.78, 5) is 0. The molecule has 1 aliphatic rings. The molecule has 1 heterocycles. The van der Waals surface area contributed by atoms with E-state index in [1.165, 1.54) is 0 Å². The molecular weight excluding hydrogens is 244 g/mol. The van der Waals surface area contributed by atoms with Crippen LogP contribution in [0.1, 0.15) is 26.7 Å². The second-order valence-electron chi connectivity index (χ2n) is 4.30. The van der Waals surface area contributed by atoms with Gasteiger partial charge in [0.05, 0.1) is 12.7 Å². The second kappa shape index (κ2) is 6.81. The van der Waals surface area contributed by atoms with Gasteiger partial charge in [-0.1, -0.05) is 29.8 Å². The van der Waals surface area contributed by atoms with Crippen LogP contribution in [0.25, 0.3) is 0 Å². The average molecular weight is 265 g/mol. The zero-order chi connectivity index (χ0) is 10.4. The zero-order valence-corrected chi connectivity index (χ0v) is 10.8. The molecule has 0 bridgehead atoms. The van der Waals surface area contributed by atoms with E-state index < -0.39 is 0 Å². The van der Waals surface area contributed by atoms with Crippen LogP contribution in [0, 0.1) is 11.8 Å². The van der Waals surface area contributed by atoms with E-state index in [9.17, 15) is 0 Å². The number of hydrogen-bond donors (Lipinski definition) is 0. The fourth-order valence-corrected chi connectivity index (χ4v) is 2.45. The Labute approximate surface area is 95.5 Å². The molecule has 0 aromatic carbocycles. The molecule has 0 amide bonds. The minimum absolute atomic E-state index is 0.434. The molecule has 0 N–H and O–H groups in total. The van der Waals surface area contributed by atoms with Crippen molar-refractivity contribution in [2.75, 3.05) is 25.2 Å². The summed E-state index contributed by atoms with van der Waals surface area (Å²) in [5.41, 5.74) is 0. The minimum atomic E-state index is 0.434. The molecule has 1 saturated heterocycles. The molecule has 0 saturated carbocycles. The summed E-state index contributed by atoms with van der Waals surface area (Å²) in [6, 6.07) is 0. The van der Waals surface area contributed by atoms with Gasteiger partial charge in [0.15, 0.2) is 0 Å². The number of hydrogen-bond acceptors (Lipinski definition) is 2. The summed E-state index contributed by atoms with van der Waals surface area (Å²) in [5.74, 6) is 1.33. The summed E-state index contributed by atoms with van der Waals surface area (Å²) in [6.07, 6.45) is 2.56. The monoisotopic (exact) mass is 264 g/mol. The lowest BCUT2D eigenvalue weighted by molar-refractivity contribution is -0.0444. The van der Waals surface area contributed by atoms with Crippen LogP contribution >= 0.6 is 15.9 Å². The van der Waals surface area contributed by atoms with E-state index in [0.717, 1.165) is 38.0 Å². The van der Waals surface area contributed by atoms with Gasteiger partial charge in [0.2, 0.25) is 0 Å². The number of ether oxygens (including phenoxy) is 2. The van der Waals surface area contributed by atoms with Crippen LogP contribution in [0.5, 0.6) is 0 Å². The van der Waals surface area contributed by atoms with Gasteiger partial charge in [-0.25, -0.2) is 0 Å². The van der Waals surface area contributed by atoms with Crippen LogP contribution < -0.4 is 0 Å². The molecule has 0 aliphatic carbocycles. The highest BCUT2D eigenvalue weighted by atomic mass is 79.9. The first-order valence-electron chi connectivity index (χ1n) is 5.49. The van der Waals surface area contributed by atoms with E-state index in [1.54, 1.807) is 0 Å². The fraction of sp³-hybridized carbons (Fsp3) is 1.00. The van der Waals surface area contributed by atoms with Crippen LogP contribution in [-0.2, 0) is 9.47 Å². The Hall–Kier alpha value is 0.400. The first-order chi connectivity index (χ1) is 6.74. The third-order valence-corrected chi connectivity index (χ3v) is 3.69. The van der Waals surface area contributed by atoms with Gasteiger partial charge in [0.25, 0.3) is 0 Å². The van der Waals surface area contributed by atoms with Crippen molar-refractivity contribution in [3.8, 4) is 0 Å². The molecule has 2 nitrogen and oxygen atoms in total. The third-order valence-electron chi connectivity index (χ3n) is 2.86. The lowest BCUT2D eigenvalue weighted by Gasteiger charge is -2.26. The van der Waals surface area contributed by atoms with E-state index in [0.29, 0.717) is 17.9 Å². The summed E-state index contributed by atoms with van der Waals surface area (Å²) in [7, 11) is 0. The molecule has 0 radical (unpaired) electrons. The van der Waals surface area contributed by atoms with E-state index in [4.69, 9.17) is 9.47 Å². The maximum absolute atomic E-state index is 5.89. The quantitative estimate of drug-likeness (QED) is 0.712. The van der Waals surface area contributed by atoms with Crippen molar-refractivity contribution < 1.29 is 9.47 Å². The molecule has 0 aromatic rings. The molecule has 0 aromatic heterocycles. The lowest BCUT2D eigenvalue weighted by atomic mass is 9.99. The van der Waals surface area contributed by atoms with Crippen molar-refractivity contribution in [2.45, 2.75) is 32.8 Å². The Morgan fingerprint density at radius 2 is 2.00 bits per heavy atom. The van der Waals surface area contributed by atoms with Crippen LogP contribution in [0.15, 0.2) is 0 Å². The Morgan fingerprint density at radius 1 is 1.36 bits per heavy atom. The first-order valence-corrected chi connectivity index (χ1v) is 6.61. The minimum Gasteiger partial charge on any atom is -0.381 e. The van der Waals surface area contributed by atoms with Crippen molar-refractivity contribution in [1.29, 1.82) is 0 Å². The molecule has 84 valence electrons. The van der Waals surface area contributed by atoms with Gasteiger partial charge in [-0.15, -0.1) is 0 Å². The van der Waals surface area contributed by atoms with Gasteiger partial charge in [0.1, 0.15) is 0 Å². The molecule has 3 heteroatoms. The highest BCUT2D eigenvalue weighted by molar-refractivity contribution is 9.09. The van der Waals surface area contributed by atoms with Gasteiger partial charge in [-0.2, -0.15) is 0 Å². The van der Waals surface area contributed by atoms with Crippen molar-refractivity contribution in [3.05, 3.63) is 0 Å². The predicted octanol–water partition coefficient (Wildman–Crippen LogP) is 2.85. The van der Waals surface area contributed by atoms with Crippen LogP contribution in [0.4, 0.5) is 0 Å². The average Bonchev–Trinajstić information content (AvgIpc) is 2.20. The third kappa shape index (κ3) is 4.28. The van der Waals surface area contributed by atoms with E-state index in [2.05, 4.69) is 29.8 Å². The molecule has 1 unspecified atom stereocenters. The Balaban J connectivity index is 2.16. The lowest BCUT2D eigenvalue weighted by Crippen LogP contribution is -2.27. The normalized spacial score (nSPS) is 21.4. The molecule has 1 rings (SSSR count). The zero-order valence-electron chi connectivity index (χ0n) is 9.17. The molecular formula is C11H21BrO2. The predicted molar refractivity (Wildman–Crippen MR) is 61.9 cm³/mol. The van der Waals surface area contributed by atoms with Gasteiger partial charge in [-0.3, -0.25) is 0 Å². The van der Waals surface area contributed by atoms with E-state index >= 15 is 0 Å². The standard InChI is InChI=1S/C11H21BrO2/c1-9(2)10(7-12)8-14-11-3-5-13-6-4-11/h9-11H,3-8H2,1-2H3. The largest absolute Gasteiger partial charge is 0.381 e. The first kappa shape index (κ1) is 12.5. The summed E-state index contributed by atoms with van der Waals surface area (Å²) >= 11 is 3.54. The fourth-order valence-electron chi connectivity index (χ4n) is 1.52. The van der Waals surface area contributed by atoms with Crippen molar-refractivity contribution in [1.82, 2.24) is 0 Å².